The molecule has 0 saturated carbocycles. The first-order valence-electron chi connectivity index (χ1n) is 9.14. The number of hydrogen-bond acceptors (Lipinski definition) is 5. The van der Waals surface area contributed by atoms with Crippen molar-refractivity contribution in [2.24, 2.45) is 5.41 Å². The van der Waals surface area contributed by atoms with Gasteiger partial charge in [0, 0.05) is 44.0 Å². The van der Waals surface area contributed by atoms with Gasteiger partial charge < -0.3 is 19.3 Å². The van der Waals surface area contributed by atoms with E-state index < -0.39 is 0 Å². The normalized spacial score (nSPS) is 26.5. The third-order valence-corrected chi connectivity index (χ3v) is 5.26. The highest BCUT2D eigenvalue weighted by Crippen LogP contribution is 2.40. The molecule has 0 N–H and O–H groups in total. The molecular weight excluding hydrogens is 318 g/mol. The minimum Gasteiger partial charge on any atom is -0.379 e. The van der Waals surface area contributed by atoms with E-state index in [9.17, 15) is 4.79 Å². The molecule has 6 heteroatoms. The van der Waals surface area contributed by atoms with Crippen molar-refractivity contribution in [3.8, 4) is 0 Å². The molecule has 0 aliphatic carbocycles. The summed E-state index contributed by atoms with van der Waals surface area (Å²) in [4.78, 5) is 21.0. The molecule has 2 aliphatic rings. The molecule has 0 bridgehead atoms. The second-order valence-corrected chi connectivity index (χ2v) is 7.44. The Balaban J connectivity index is 1.67. The third-order valence-electron chi connectivity index (χ3n) is 5.26. The van der Waals surface area contributed by atoms with Gasteiger partial charge in [-0.15, -0.1) is 0 Å². The Labute approximate surface area is 150 Å². The van der Waals surface area contributed by atoms with Gasteiger partial charge in [-0.1, -0.05) is 0 Å². The van der Waals surface area contributed by atoms with Crippen LogP contribution in [-0.2, 0) is 9.47 Å². The Morgan fingerprint density at radius 3 is 3.16 bits per heavy atom. The average Bonchev–Trinajstić information content (AvgIpc) is 2.65. The number of fused-ring (bicyclic) bond motifs is 1. The van der Waals surface area contributed by atoms with E-state index in [4.69, 9.17) is 9.47 Å². The van der Waals surface area contributed by atoms with Crippen LogP contribution in [0.25, 0.3) is 0 Å². The summed E-state index contributed by atoms with van der Waals surface area (Å²) in [6.45, 7) is 4.52. The van der Waals surface area contributed by atoms with Gasteiger partial charge in [-0.3, -0.25) is 9.78 Å². The first-order chi connectivity index (χ1) is 12.1. The summed E-state index contributed by atoms with van der Waals surface area (Å²) < 4.78 is 12.1. The quantitative estimate of drug-likeness (QED) is 0.733. The van der Waals surface area contributed by atoms with Gasteiger partial charge >= 0.3 is 0 Å². The molecule has 0 unspecified atom stereocenters. The van der Waals surface area contributed by atoms with Crippen molar-refractivity contribution < 1.29 is 14.3 Å². The van der Waals surface area contributed by atoms with Crippen molar-refractivity contribution in [2.45, 2.75) is 25.4 Å². The summed E-state index contributed by atoms with van der Waals surface area (Å²) in [6.07, 6.45) is 6.49. The van der Waals surface area contributed by atoms with E-state index in [0.29, 0.717) is 25.3 Å². The molecule has 138 valence electrons. The van der Waals surface area contributed by atoms with E-state index in [1.54, 1.807) is 12.4 Å². The Morgan fingerprint density at radius 1 is 1.52 bits per heavy atom. The lowest BCUT2D eigenvalue weighted by atomic mass is 9.73. The van der Waals surface area contributed by atoms with Gasteiger partial charge in [-0.2, -0.15) is 0 Å². The molecule has 2 aliphatic heterocycles. The van der Waals surface area contributed by atoms with Gasteiger partial charge in [-0.05, 0) is 45.5 Å². The number of piperidine rings is 1. The molecule has 25 heavy (non-hydrogen) atoms. The van der Waals surface area contributed by atoms with E-state index in [0.717, 1.165) is 39.0 Å². The van der Waals surface area contributed by atoms with Crippen LogP contribution in [0.2, 0.25) is 0 Å². The highest BCUT2D eigenvalue weighted by Gasteiger charge is 2.47. The first kappa shape index (κ1) is 18.3. The molecule has 0 aromatic carbocycles. The standard InChI is InChI=1S/C19H29N3O3/c1-21(2)10-12-24-15-19-7-4-11-25-17(19)6-9-22(14-19)18(23)16-5-3-8-20-13-16/h3,5,8,13,17H,4,6-7,9-12,14-15H2,1-2H3/t17-,19-/m0/s1. The van der Waals surface area contributed by atoms with Crippen molar-refractivity contribution in [3.63, 3.8) is 0 Å². The molecule has 0 spiro atoms. The number of carbonyl (C=O) groups excluding carboxylic acids is 1. The van der Waals surface area contributed by atoms with Crippen LogP contribution in [0.3, 0.4) is 0 Å². The van der Waals surface area contributed by atoms with Gasteiger partial charge in [0.1, 0.15) is 0 Å². The Kier molecular flexibility index (Phi) is 6.04. The highest BCUT2D eigenvalue weighted by molar-refractivity contribution is 5.94. The zero-order chi connectivity index (χ0) is 17.7. The summed E-state index contributed by atoms with van der Waals surface area (Å²) in [6, 6.07) is 3.64. The number of pyridine rings is 1. The molecule has 2 saturated heterocycles. The SMILES string of the molecule is CN(C)CCOC[C@@]12CCCO[C@H]1CCN(C(=O)c1cccnc1)C2. The molecule has 1 aromatic rings. The fraction of sp³-hybridized carbons (Fsp3) is 0.684. The second kappa shape index (κ2) is 8.25. The Hall–Kier alpha value is -1.50. The summed E-state index contributed by atoms with van der Waals surface area (Å²) in [5, 5.41) is 0. The van der Waals surface area contributed by atoms with Crippen LogP contribution in [0.15, 0.2) is 24.5 Å². The van der Waals surface area contributed by atoms with Crippen LogP contribution in [-0.4, -0.2) is 80.3 Å². The third kappa shape index (κ3) is 4.37. The van der Waals surface area contributed by atoms with Crippen molar-refractivity contribution >= 4 is 5.91 Å². The zero-order valence-electron chi connectivity index (χ0n) is 15.3. The Morgan fingerprint density at radius 2 is 2.40 bits per heavy atom. The Bertz CT molecular complexity index is 566. The minimum atomic E-state index is -0.0827. The summed E-state index contributed by atoms with van der Waals surface area (Å²) in [5.41, 5.74) is 0.571. The van der Waals surface area contributed by atoms with E-state index >= 15 is 0 Å². The van der Waals surface area contributed by atoms with Crippen molar-refractivity contribution in [3.05, 3.63) is 30.1 Å². The van der Waals surface area contributed by atoms with Crippen molar-refractivity contribution in [1.82, 2.24) is 14.8 Å². The number of ether oxygens (including phenoxy) is 2. The largest absolute Gasteiger partial charge is 0.379 e. The van der Waals surface area contributed by atoms with Crippen LogP contribution in [0, 0.1) is 5.41 Å². The average molecular weight is 347 g/mol. The number of rotatable bonds is 6. The van der Waals surface area contributed by atoms with E-state index in [1.165, 1.54) is 0 Å². The van der Waals surface area contributed by atoms with Gasteiger partial charge in [0.05, 0.1) is 24.9 Å². The fourth-order valence-electron chi connectivity index (χ4n) is 3.87. The first-order valence-corrected chi connectivity index (χ1v) is 9.14. The predicted octanol–water partition coefficient (Wildman–Crippen LogP) is 1.67. The maximum Gasteiger partial charge on any atom is 0.255 e. The van der Waals surface area contributed by atoms with Crippen LogP contribution < -0.4 is 0 Å². The molecule has 3 heterocycles. The molecule has 0 radical (unpaired) electrons. The maximum absolute atomic E-state index is 12.8. The lowest BCUT2D eigenvalue weighted by Gasteiger charge is -2.50. The number of likely N-dealkylation sites (N-methyl/N-ethyl adjacent to an activating group) is 1. The minimum absolute atomic E-state index is 0.0600. The molecule has 1 amide bonds. The number of aromatic nitrogens is 1. The van der Waals surface area contributed by atoms with Crippen molar-refractivity contribution in [2.75, 3.05) is 53.6 Å². The number of likely N-dealkylation sites (tertiary alicyclic amines) is 1. The summed E-state index contributed by atoms with van der Waals surface area (Å²) in [7, 11) is 4.09. The van der Waals surface area contributed by atoms with Gasteiger partial charge in [0.25, 0.3) is 5.91 Å². The topological polar surface area (TPSA) is 54.9 Å². The second-order valence-electron chi connectivity index (χ2n) is 7.44. The van der Waals surface area contributed by atoms with Gasteiger partial charge in [-0.25, -0.2) is 0 Å². The van der Waals surface area contributed by atoms with Gasteiger partial charge in [0.15, 0.2) is 0 Å². The van der Waals surface area contributed by atoms with E-state index in [-0.39, 0.29) is 17.4 Å². The predicted molar refractivity (Wildman–Crippen MR) is 95.5 cm³/mol. The van der Waals surface area contributed by atoms with Crippen LogP contribution in [0.4, 0.5) is 0 Å². The van der Waals surface area contributed by atoms with Crippen LogP contribution in [0.5, 0.6) is 0 Å². The molecule has 2 fully saturated rings. The van der Waals surface area contributed by atoms with E-state index in [2.05, 4.69) is 9.88 Å². The fourth-order valence-corrected chi connectivity index (χ4v) is 3.87. The lowest BCUT2D eigenvalue weighted by Crippen LogP contribution is -2.58. The molecular formula is C19H29N3O3. The zero-order valence-corrected chi connectivity index (χ0v) is 15.3. The summed E-state index contributed by atoms with van der Waals surface area (Å²) >= 11 is 0. The number of hydrogen-bond donors (Lipinski definition) is 0. The van der Waals surface area contributed by atoms with Gasteiger partial charge in [0.2, 0.25) is 0 Å². The molecule has 1 aromatic heterocycles. The molecule has 3 rings (SSSR count). The maximum atomic E-state index is 12.8. The molecule has 2 atom stereocenters. The number of carbonyl (C=O) groups is 1. The van der Waals surface area contributed by atoms with Crippen molar-refractivity contribution in [1.29, 1.82) is 0 Å². The summed E-state index contributed by atoms with van der Waals surface area (Å²) in [5.74, 6) is 0.0600. The van der Waals surface area contributed by atoms with Crippen LogP contribution >= 0.6 is 0 Å². The monoisotopic (exact) mass is 347 g/mol. The smallest absolute Gasteiger partial charge is 0.255 e. The lowest BCUT2D eigenvalue weighted by molar-refractivity contribution is -0.147. The number of amides is 1. The highest BCUT2D eigenvalue weighted by atomic mass is 16.5. The molecule has 6 nitrogen and oxygen atoms in total. The van der Waals surface area contributed by atoms with Crippen LogP contribution in [0.1, 0.15) is 29.6 Å². The van der Waals surface area contributed by atoms with E-state index in [1.807, 2.05) is 31.1 Å². The number of nitrogens with zero attached hydrogens (tertiary/aromatic N) is 3.